The number of fused-ring (bicyclic) bond motifs is 1. The summed E-state index contributed by atoms with van der Waals surface area (Å²) < 4.78 is 44.4. The van der Waals surface area contributed by atoms with Crippen LogP contribution in [0.2, 0.25) is 0 Å². The number of aromatic nitrogens is 4. The third kappa shape index (κ3) is 4.20. The molecule has 1 aliphatic rings. The van der Waals surface area contributed by atoms with Gasteiger partial charge >= 0.3 is 6.18 Å². The minimum Gasteiger partial charge on any atom is -0.399 e. The van der Waals surface area contributed by atoms with Crippen LogP contribution in [0, 0.1) is 6.92 Å². The van der Waals surface area contributed by atoms with Gasteiger partial charge < -0.3 is 20.7 Å². The number of hydrogen-bond acceptors (Lipinski definition) is 8. The van der Waals surface area contributed by atoms with Gasteiger partial charge in [-0.2, -0.15) is 18.3 Å². The van der Waals surface area contributed by atoms with Crippen molar-refractivity contribution in [1.82, 2.24) is 20.2 Å². The van der Waals surface area contributed by atoms with Gasteiger partial charge in [0.15, 0.2) is 5.82 Å². The Labute approximate surface area is 170 Å². The van der Waals surface area contributed by atoms with E-state index in [0.29, 0.717) is 24.7 Å². The van der Waals surface area contributed by atoms with Gasteiger partial charge in [0.2, 0.25) is 0 Å². The zero-order valence-electron chi connectivity index (χ0n) is 16.2. The molecular weight excluding hydrogens is 399 g/mol. The van der Waals surface area contributed by atoms with E-state index in [9.17, 15) is 13.2 Å². The average Bonchev–Trinajstić information content (AvgIpc) is 2.73. The first kappa shape index (κ1) is 20.1. The van der Waals surface area contributed by atoms with E-state index in [1.54, 1.807) is 6.20 Å². The van der Waals surface area contributed by atoms with Gasteiger partial charge in [-0.1, -0.05) is 0 Å². The fourth-order valence-corrected chi connectivity index (χ4v) is 3.28. The Balaban J connectivity index is 1.64. The summed E-state index contributed by atoms with van der Waals surface area (Å²) in [6.07, 6.45) is -2.84. The molecule has 3 aromatic rings. The molecule has 8 nitrogen and oxygen atoms in total. The minimum absolute atomic E-state index is 0.00669. The van der Waals surface area contributed by atoms with Crippen LogP contribution in [-0.2, 0) is 17.5 Å². The SMILES string of the molecule is Cc1nnc(NCc2cc(N)cc(C(F)(F)F)n2)c2cc(N3CCOCC3)ncc12. The highest BCUT2D eigenvalue weighted by atomic mass is 19.4. The normalized spacial score (nSPS) is 14.9. The molecule has 0 atom stereocenters. The van der Waals surface area contributed by atoms with Crippen LogP contribution in [0.5, 0.6) is 0 Å². The van der Waals surface area contributed by atoms with Gasteiger partial charge in [0.1, 0.15) is 11.5 Å². The van der Waals surface area contributed by atoms with Crippen LogP contribution in [0.1, 0.15) is 17.1 Å². The monoisotopic (exact) mass is 419 g/mol. The zero-order chi connectivity index (χ0) is 21.3. The number of anilines is 3. The van der Waals surface area contributed by atoms with Gasteiger partial charge in [0.05, 0.1) is 31.1 Å². The average molecular weight is 419 g/mol. The number of morpholine rings is 1. The van der Waals surface area contributed by atoms with E-state index >= 15 is 0 Å². The molecule has 0 radical (unpaired) electrons. The highest BCUT2D eigenvalue weighted by Crippen LogP contribution is 2.30. The van der Waals surface area contributed by atoms with Crippen molar-refractivity contribution in [2.75, 3.05) is 42.3 Å². The summed E-state index contributed by atoms with van der Waals surface area (Å²) in [5.41, 5.74) is 5.44. The molecule has 3 aromatic heterocycles. The first-order chi connectivity index (χ1) is 14.3. The lowest BCUT2D eigenvalue weighted by atomic mass is 10.1. The number of alkyl halides is 3. The molecule has 158 valence electrons. The number of nitrogens with one attached hydrogen (secondary N) is 1. The van der Waals surface area contributed by atoms with E-state index in [1.807, 2.05) is 13.0 Å². The van der Waals surface area contributed by atoms with Crippen molar-refractivity contribution in [3.05, 3.63) is 41.5 Å². The predicted octanol–water partition coefficient (Wildman–Crippen LogP) is 2.78. The summed E-state index contributed by atoms with van der Waals surface area (Å²) in [6, 6.07) is 4.11. The molecule has 30 heavy (non-hydrogen) atoms. The second kappa shape index (κ2) is 7.90. The maximum Gasteiger partial charge on any atom is 0.433 e. The van der Waals surface area contributed by atoms with Gasteiger partial charge in [0.25, 0.3) is 0 Å². The first-order valence-corrected chi connectivity index (χ1v) is 9.34. The molecule has 0 unspecified atom stereocenters. The Kier molecular flexibility index (Phi) is 5.29. The number of nitrogens with two attached hydrogens (primary N) is 1. The Morgan fingerprint density at radius 2 is 1.90 bits per heavy atom. The number of aryl methyl sites for hydroxylation is 1. The van der Waals surface area contributed by atoms with Crippen molar-refractivity contribution in [3.8, 4) is 0 Å². The first-order valence-electron chi connectivity index (χ1n) is 9.34. The molecule has 1 aliphatic heterocycles. The van der Waals surface area contributed by atoms with Gasteiger partial charge in [-0.05, 0) is 25.1 Å². The molecule has 4 rings (SSSR count). The molecule has 0 spiro atoms. The van der Waals surface area contributed by atoms with E-state index in [4.69, 9.17) is 10.5 Å². The fourth-order valence-electron chi connectivity index (χ4n) is 3.28. The molecule has 1 saturated heterocycles. The van der Waals surface area contributed by atoms with Crippen LogP contribution in [0.3, 0.4) is 0 Å². The molecular formula is C19H20F3N7O. The second-order valence-corrected chi connectivity index (χ2v) is 6.95. The molecule has 0 saturated carbocycles. The van der Waals surface area contributed by atoms with Crippen molar-refractivity contribution in [1.29, 1.82) is 0 Å². The lowest BCUT2D eigenvalue weighted by molar-refractivity contribution is -0.141. The lowest BCUT2D eigenvalue weighted by Gasteiger charge is -2.28. The van der Waals surface area contributed by atoms with Crippen molar-refractivity contribution in [3.63, 3.8) is 0 Å². The third-order valence-electron chi connectivity index (χ3n) is 4.80. The predicted molar refractivity (Wildman–Crippen MR) is 106 cm³/mol. The minimum atomic E-state index is -4.57. The summed E-state index contributed by atoms with van der Waals surface area (Å²) in [6.45, 7) is 4.54. The van der Waals surface area contributed by atoms with Crippen LogP contribution >= 0.6 is 0 Å². The highest BCUT2D eigenvalue weighted by Gasteiger charge is 2.33. The molecule has 0 aliphatic carbocycles. The maximum absolute atomic E-state index is 13.0. The van der Waals surface area contributed by atoms with E-state index < -0.39 is 11.9 Å². The maximum atomic E-state index is 13.0. The van der Waals surface area contributed by atoms with Crippen molar-refractivity contribution in [2.24, 2.45) is 0 Å². The fraction of sp³-hybridized carbons (Fsp3) is 0.368. The molecule has 1 fully saturated rings. The highest BCUT2D eigenvalue weighted by molar-refractivity contribution is 5.94. The Morgan fingerprint density at radius 3 is 2.63 bits per heavy atom. The Morgan fingerprint density at radius 1 is 1.13 bits per heavy atom. The van der Waals surface area contributed by atoms with Gasteiger partial charge in [-0.15, -0.1) is 5.10 Å². The topological polar surface area (TPSA) is 102 Å². The van der Waals surface area contributed by atoms with E-state index in [0.717, 1.165) is 35.7 Å². The molecule has 4 heterocycles. The summed E-state index contributed by atoms with van der Waals surface area (Å²) in [4.78, 5) is 10.3. The zero-order valence-corrected chi connectivity index (χ0v) is 16.2. The number of nitrogen functional groups attached to an aromatic ring is 1. The Hall–Kier alpha value is -3.21. The third-order valence-corrected chi connectivity index (χ3v) is 4.80. The number of nitrogens with zero attached hydrogens (tertiary/aromatic N) is 5. The van der Waals surface area contributed by atoms with Crippen LogP contribution in [0.15, 0.2) is 24.4 Å². The van der Waals surface area contributed by atoms with E-state index in [2.05, 4.69) is 30.4 Å². The molecule has 0 bridgehead atoms. The van der Waals surface area contributed by atoms with Gasteiger partial charge in [-0.25, -0.2) is 9.97 Å². The van der Waals surface area contributed by atoms with Crippen molar-refractivity contribution in [2.45, 2.75) is 19.6 Å². The summed E-state index contributed by atoms with van der Waals surface area (Å²) in [5.74, 6) is 1.22. The smallest absolute Gasteiger partial charge is 0.399 e. The number of pyridine rings is 2. The largest absolute Gasteiger partial charge is 0.433 e. The van der Waals surface area contributed by atoms with Crippen LogP contribution < -0.4 is 16.0 Å². The standard InChI is InChI=1S/C19H20F3N7O/c1-11-15-10-24-17(29-2-4-30-5-3-29)8-14(15)18(28-27-11)25-9-13-6-12(23)7-16(26-13)19(20,21)22/h6-8,10H,2-5,9H2,1H3,(H2,23,26)(H,25,28). The number of ether oxygens (including phenoxy) is 1. The van der Waals surface area contributed by atoms with E-state index in [-0.39, 0.29) is 17.9 Å². The van der Waals surface area contributed by atoms with Crippen LogP contribution in [-0.4, -0.2) is 46.5 Å². The van der Waals surface area contributed by atoms with Crippen LogP contribution in [0.4, 0.5) is 30.5 Å². The molecule has 0 amide bonds. The lowest BCUT2D eigenvalue weighted by Crippen LogP contribution is -2.36. The second-order valence-electron chi connectivity index (χ2n) is 6.95. The summed E-state index contributed by atoms with van der Waals surface area (Å²) in [5, 5.41) is 12.9. The van der Waals surface area contributed by atoms with Gasteiger partial charge in [-0.3, -0.25) is 0 Å². The summed E-state index contributed by atoms with van der Waals surface area (Å²) >= 11 is 0. The van der Waals surface area contributed by atoms with Crippen molar-refractivity contribution >= 4 is 28.1 Å². The van der Waals surface area contributed by atoms with Crippen LogP contribution in [0.25, 0.3) is 10.8 Å². The number of halogens is 3. The number of hydrogen-bond donors (Lipinski definition) is 2. The Bertz CT molecular complexity index is 1070. The summed E-state index contributed by atoms with van der Waals surface area (Å²) in [7, 11) is 0. The quantitative estimate of drug-likeness (QED) is 0.666. The molecule has 3 N–H and O–H groups in total. The number of rotatable bonds is 4. The van der Waals surface area contributed by atoms with E-state index in [1.165, 1.54) is 6.07 Å². The van der Waals surface area contributed by atoms with Gasteiger partial charge in [0, 0.05) is 35.7 Å². The molecule has 11 heteroatoms. The molecule has 0 aromatic carbocycles. The van der Waals surface area contributed by atoms with Crippen molar-refractivity contribution < 1.29 is 17.9 Å².